The predicted octanol–water partition coefficient (Wildman–Crippen LogP) is 6.21. The summed E-state index contributed by atoms with van der Waals surface area (Å²) < 4.78 is 2.10. The zero-order valence-electron chi connectivity index (χ0n) is 17.9. The van der Waals surface area contributed by atoms with E-state index < -0.39 is 0 Å². The van der Waals surface area contributed by atoms with Crippen molar-refractivity contribution >= 4 is 10.8 Å². The molecule has 5 rings (SSSR count). The summed E-state index contributed by atoms with van der Waals surface area (Å²) in [6, 6.07) is 30.3. The third-order valence-corrected chi connectivity index (χ3v) is 6.81. The summed E-state index contributed by atoms with van der Waals surface area (Å²) in [4.78, 5) is 2.59. The molecule has 1 fully saturated rings. The van der Waals surface area contributed by atoms with Gasteiger partial charge in [-0.15, -0.1) is 0 Å². The van der Waals surface area contributed by atoms with Gasteiger partial charge >= 0.3 is 0 Å². The van der Waals surface area contributed by atoms with Crippen molar-refractivity contribution in [2.24, 2.45) is 0 Å². The number of hydrogen-bond acceptors (Lipinski definition) is 2. The van der Waals surface area contributed by atoms with Crippen LogP contribution in [0.4, 0.5) is 0 Å². The molecule has 0 saturated carbocycles. The average molecular weight is 411 g/mol. The van der Waals surface area contributed by atoms with Crippen LogP contribution in [0.15, 0.2) is 91.1 Å². The van der Waals surface area contributed by atoms with Gasteiger partial charge in [0.2, 0.25) is 0 Å². The van der Waals surface area contributed by atoms with Crippen LogP contribution in [0.5, 0.6) is 5.88 Å². The van der Waals surface area contributed by atoms with E-state index in [1.54, 1.807) is 0 Å². The second-order valence-corrected chi connectivity index (χ2v) is 8.68. The fraction of sp³-hybridized carbons (Fsp3) is 0.286. The molecule has 0 amide bonds. The summed E-state index contributed by atoms with van der Waals surface area (Å²) in [6.07, 6.45) is 5.40. The molecule has 2 heterocycles. The zero-order chi connectivity index (χ0) is 21.0. The van der Waals surface area contributed by atoms with E-state index in [1.165, 1.54) is 11.1 Å². The minimum absolute atomic E-state index is 0.377. The van der Waals surface area contributed by atoms with Crippen molar-refractivity contribution in [1.29, 1.82) is 0 Å². The van der Waals surface area contributed by atoms with Crippen LogP contribution in [0.1, 0.15) is 42.3 Å². The smallest absolute Gasteiger partial charge is 0.199 e. The molecule has 0 bridgehead atoms. The minimum Gasteiger partial charge on any atom is -0.494 e. The zero-order valence-corrected chi connectivity index (χ0v) is 17.9. The fourth-order valence-electron chi connectivity index (χ4n) is 5.07. The number of rotatable bonds is 6. The SMILES string of the molecule is Oc1c2ccccc2cn1C1CCN(CCC(c2ccccc2)c2ccccc2)CC1. The molecular formula is C28H30N2O. The van der Waals surface area contributed by atoms with E-state index in [2.05, 4.69) is 82.4 Å². The van der Waals surface area contributed by atoms with Crippen LogP contribution in [0.25, 0.3) is 10.8 Å². The van der Waals surface area contributed by atoms with Gasteiger partial charge in [-0.25, -0.2) is 0 Å². The molecule has 3 nitrogen and oxygen atoms in total. The quantitative estimate of drug-likeness (QED) is 0.409. The number of aromatic hydroxyl groups is 1. The Hall–Kier alpha value is -3.04. The second-order valence-electron chi connectivity index (χ2n) is 8.68. The van der Waals surface area contributed by atoms with E-state index in [-0.39, 0.29) is 0 Å². The van der Waals surface area contributed by atoms with Gasteiger partial charge < -0.3 is 14.6 Å². The van der Waals surface area contributed by atoms with Crippen molar-refractivity contribution in [2.45, 2.75) is 31.2 Å². The van der Waals surface area contributed by atoms with Crippen LogP contribution in [0.3, 0.4) is 0 Å². The first-order valence-electron chi connectivity index (χ1n) is 11.4. The highest BCUT2D eigenvalue weighted by atomic mass is 16.3. The van der Waals surface area contributed by atoms with Gasteiger partial charge in [0.05, 0.1) is 0 Å². The van der Waals surface area contributed by atoms with E-state index >= 15 is 0 Å². The van der Waals surface area contributed by atoms with Crippen LogP contribution in [-0.4, -0.2) is 34.2 Å². The maximum Gasteiger partial charge on any atom is 0.199 e. The lowest BCUT2D eigenvalue weighted by Gasteiger charge is -2.34. The Bertz CT molecular complexity index is 1070. The lowest BCUT2D eigenvalue weighted by atomic mass is 9.88. The summed E-state index contributed by atoms with van der Waals surface area (Å²) >= 11 is 0. The maximum absolute atomic E-state index is 10.7. The van der Waals surface area contributed by atoms with Crippen molar-refractivity contribution in [3.05, 3.63) is 102 Å². The van der Waals surface area contributed by atoms with E-state index in [4.69, 9.17) is 0 Å². The van der Waals surface area contributed by atoms with E-state index in [0.29, 0.717) is 17.8 Å². The first-order chi connectivity index (χ1) is 15.3. The Morgan fingerprint density at radius 3 is 1.97 bits per heavy atom. The molecule has 1 aliphatic rings. The van der Waals surface area contributed by atoms with Gasteiger partial charge in [-0.05, 0) is 43.0 Å². The van der Waals surface area contributed by atoms with Crippen LogP contribution < -0.4 is 0 Å². The summed E-state index contributed by atoms with van der Waals surface area (Å²) in [5, 5.41) is 12.8. The first kappa shape index (κ1) is 19.9. The average Bonchev–Trinajstić information content (AvgIpc) is 3.18. The molecule has 1 saturated heterocycles. The van der Waals surface area contributed by atoms with Gasteiger partial charge in [0.25, 0.3) is 0 Å². The van der Waals surface area contributed by atoms with Gasteiger partial charge in [-0.3, -0.25) is 0 Å². The molecule has 1 aliphatic heterocycles. The number of piperidine rings is 1. The molecule has 31 heavy (non-hydrogen) atoms. The highest BCUT2D eigenvalue weighted by Gasteiger charge is 2.24. The Morgan fingerprint density at radius 2 is 1.35 bits per heavy atom. The Kier molecular flexibility index (Phi) is 5.77. The van der Waals surface area contributed by atoms with E-state index in [0.717, 1.165) is 49.7 Å². The molecule has 3 heteroatoms. The van der Waals surface area contributed by atoms with Crippen LogP contribution in [0.2, 0.25) is 0 Å². The van der Waals surface area contributed by atoms with Crippen molar-refractivity contribution in [3.8, 4) is 5.88 Å². The molecule has 3 aromatic carbocycles. The van der Waals surface area contributed by atoms with Crippen LogP contribution in [0, 0.1) is 0 Å². The van der Waals surface area contributed by atoms with E-state index in [1.807, 2.05) is 18.2 Å². The highest BCUT2D eigenvalue weighted by molar-refractivity contribution is 5.87. The highest BCUT2D eigenvalue weighted by Crippen LogP contribution is 2.34. The summed E-state index contributed by atoms with van der Waals surface area (Å²) in [6.45, 7) is 3.25. The molecule has 0 spiro atoms. The number of aromatic nitrogens is 1. The van der Waals surface area contributed by atoms with Gasteiger partial charge in [-0.1, -0.05) is 78.9 Å². The van der Waals surface area contributed by atoms with Gasteiger partial charge in [0.15, 0.2) is 5.88 Å². The Morgan fingerprint density at radius 1 is 0.774 bits per heavy atom. The number of benzene rings is 3. The predicted molar refractivity (Wildman–Crippen MR) is 128 cm³/mol. The van der Waals surface area contributed by atoms with E-state index in [9.17, 15) is 5.11 Å². The lowest BCUT2D eigenvalue weighted by Crippen LogP contribution is -2.35. The van der Waals surface area contributed by atoms with Crippen LogP contribution >= 0.6 is 0 Å². The molecule has 0 unspecified atom stereocenters. The van der Waals surface area contributed by atoms with Crippen molar-refractivity contribution in [2.75, 3.05) is 19.6 Å². The lowest BCUT2D eigenvalue weighted by molar-refractivity contribution is 0.178. The minimum atomic E-state index is 0.377. The standard InChI is InChI=1S/C28H30N2O/c31-28-27-14-8-7-13-24(27)21-30(28)25-15-18-29(19-16-25)20-17-26(22-9-3-1-4-10-22)23-11-5-2-6-12-23/h1-14,21,25-26,31H,15-20H2. The molecule has 1 N–H and O–H groups in total. The van der Waals surface area contributed by atoms with Crippen molar-refractivity contribution in [3.63, 3.8) is 0 Å². The fourth-order valence-corrected chi connectivity index (χ4v) is 5.07. The molecule has 0 radical (unpaired) electrons. The summed E-state index contributed by atoms with van der Waals surface area (Å²) in [5.41, 5.74) is 2.79. The monoisotopic (exact) mass is 410 g/mol. The first-order valence-corrected chi connectivity index (χ1v) is 11.4. The van der Waals surface area contributed by atoms with Crippen LogP contribution in [-0.2, 0) is 0 Å². The van der Waals surface area contributed by atoms with Crippen molar-refractivity contribution < 1.29 is 5.11 Å². The third-order valence-electron chi connectivity index (χ3n) is 6.81. The van der Waals surface area contributed by atoms with Gasteiger partial charge in [0, 0.05) is 42.0 Å². The van der Waals surface area contributed by atoms with Gasteiger partial charge in [-0.2, -0.15) is 0 Å². The molecule has 158 valence electrons. The molecule has 0 atom stereocenters. The largest absolute Gasteiger partial charge is 0.494 e. The molecule has 0 aliphatic carbocycles. The summed E-state index contributed by atoms with van der Waals surface area (Å²) in [5.74, 6) is 0.848. The number of fused-ring (bicyclic) bond motifs is 1. The normalized spacial score (nSPS) is 15.6. The van der Waals surface area contributed by atoms with Gasteiger partial charge in [0.1, 0.15) is 0 Å². The number of likely N-dealkylation sites (tertiary alicyclic amines) is 1. The molecular weight excluding hydrogens is 380 g/mol. The Balaban J connectivity index is 1.24. The topological polar surface area (TPSA) is 28.4 Å². The number of nitrogens with zero attached hydrogens (tertiary/aromatic N) is 2. The molecule has 4 aromatic rings. The number of hydrogen-bond donors (Lipinski definition) is 1. The second kappa shape index (κ2) is 8.99. The van der Waals surface area contributed by atoms with Crippen molar-refractivity contribution in [1.82, 2.24) is 9.47 Å². The maximum atomic E-state index is 10.7. The summed E-state index contributed by atoms with van der Waals surface area (Å²) in [7, 11) is 0. The Labute approximate surface area is 184 Å². The third kappa shape index (κ3) is 4.24. The molecule has 1 aromatic heterocycles.